The molecule has 0 aliphatic rings. The van der Waals surface area contributed by atoms with Gasteiger partial charge in [-0.1, -0.05) is 30.3 Å². The zero-order chi connectivity index (χ0) is 19.2. The number of nitrogens with one attached hydrogen (secondary N) is 2. The molecule has 0 radical (unpaired) electrons. The quantitative estimate of drug-likeness (QED) is 0.657. The van der Waals surface area contributed by atoms with Crippen molar-refractivity contribution in [2.24, 2.45) is 0 Å². The fourth-order valence-electron chi connectivity index (χ4n) is 2.44. The van der Waals surface area contributed by atoms with Crippen LogP contribution in [0.25, 0.3) is 10.8 Å². The molecular formula is C19H26N2O4S. The van der Waals surface area contributed by atoms with Gasteiger partial charge in [-0.2, -0.15) is 4.72 Å². The Hall–Kier alpha value is -1.96. The second kappa shape index (κ2) is 9.12. The molecular weight excluding hydrogens is 352 g/mol. The second-order valence-corrected chi connectivity index (χ2v) is 8.13. The molecule has 0 bridgehead atoms. The lowest BCUT2D eigenvalue weighted by Gasteiger charge is -2.15. The van der Waals surface area contributed by atoms with Gasteiger partial charge < -0.3 is 10.1 Å². The van der Waals surface area contributed by atoms with Crippen LogP contribution in [-0.2, 0) is 19.6 Å². The number of ether oxygens (including phenoxy) is 1. The molecule has 142 valence electrons. The maximum atomic E-state index is 12.5. The molecule has 0 fully saturated rings. The van der Waals surface area contributed by atoms with Gasteiger partial charge in [0.05, 0.1) is 17.0 Å². The number of carbonyl (C=O) groups excluding carboxylic acids is 1. The first kappa shape index (κ1) is 20.4. The summed E-state index contributed by atoms with van der Waals surface area (Å²) in [6.45, 7) is 6.41. The van der Waals surface area contributed by atoms with Crippen LogP contribution in [-0.4, -0.2) is 39.6 Å². The highest BCUT2D eigenvalue weighted by molar-refractivity contribution is 7.89. The third-order valence-corrected chi connectivity index (χ3v) is 5.37. The maximum absolute atomic E-state index is 12.5. The normalized spacial score (nSPS) is 13.1. The number of carbonyl (C=O) groups is 1. The number of amides is 1. The minimum Gasteiger partial charge on any atom is -0.379 e. The van der Waals surface area contributed by atoms with Gasteiger partial charge in [0.2, 0.25) is 15.9 Å². The van der Waals surface area contributed by atoms with Gasteiger partial charge in [-0.25, -0.2) is 8.42 Å². The molecule has 2 aromatic carbocycles. The summed E-state index contributed by atoms with van der Waals surface area (Å²) in [6.07, 6.45) is 0.826. The van der Waals surface area contributed by atoms with E-state index in [9.17, 15) is 13.2 Å². The van der Waals surface area contributed by atoms with Crippen LogP contribution in [0.3, 0.4) is 0 Å². The molecule has 0 spiro atoms. The van der Waals surface area contributed by atoms with Crippen molar-refractivity contribution in [3.63, 3.8) is 0 Å². The van der Waals surface area contributed by atoms with Gasteiger partial charge in [0.15, 0.2) is 0 Å². The second-order valence-electron chi connectivity index (χ2n) is 6.42. The summed E-state index contributed by atoms with van der Waals surface area (Å²) in [5, 5.41) is 4.50. The minimum absolute atomic E-state index is 0.140. The highest BCUT2D eigenvalue weighted by Gasteiger charge is 2.22. The summed E-state index contributed by atoms with van der Waals surface area (Å²) in [5.74, 6) is -0.362. The van der Waals surface area contributed by atoms with Crippen LogP contribution >= 0.6 is 0 Å². The number of hydrogen-bond donors (Lipinski definition) is 2. The summed E-state index contributed by atoms with van der Waals surface area (Å²) in [7, 11) is -3.78. The van der Waals surface area contributed by atoms with Crippen molar-refractivity contribution in [3.8, 4) is 0 Å². The highest BCUT2D eigenvalue weighted by atomic mass is 32.2. The summed E-state index contributed by atoms with van der Waals surface area (Å²) in [4.78, 5) is 12.2. The molecule has 1 amide bonds. The topological polar surface area (TPSA) is 84.5 Å². The summed E-state index contributed by atoms with van der Waals surface area (Å²) < 4.78 is 32.9. The van der Waals surface area contributed by atoms with E-state index < -0.39 is 16.1 Å². The molecule has 0 aromatic heterocycles. The first-order chi connectivity index (χ1) is 12.3. The Kier molecular flexibility index (Phi) is 7.14. The number of sulfonamides is 1. The van der Waals surface area contributed by atoms with Gasteiger partial charge in [-0.3, -0.25) is 4.79 Å². The standard InChI is InChI=1S/C19H26N2O4S/c1-14(2)25-12-6-11-20-19(22)15(3)21-26(23,24)18-10-9-16-7-4-5-8-17(16)13-18/h4-5,7-10,13-15,21H,6,11-12H2,1-3H3,(H,20,22)/t15-/m0/s1. The Morgan fingerprint density at radius 1 is 1.08 bits per heavy atom. The van der Waals surface area contributed by atoms with Crippen molar-refractivity contribution in [3.05, 3.63) is 42.5 Å². The Morgan fingerprint density at radius 2 is 1.77 bits per heavy atom. The van der Waals surface area contributed by atoms with E-state index in [4.69, 9.17) is 4.74 Å². The lowest BCUT2D eigenvalue weighted by Crippen LogP contribution is -2.45. The van der Waals surface area contributed by atoms with E-state index in [0.29, 0.717) is 19.6 Å². The predicted octanol–water partition coefficient (Wildman–Crippen LogP) is 2.44. The Balaban J connectivity index is 1.93. The molecule has 1 atom stereocenters. The molecule has 0 unspecified atom stereocenters. The van der Waals surface area contributed by atoms with Crippen LogP contribution in [0.15, 0.2) is 47.4 Å². The van der Waals surface area contributed by atoms with E-state index in [2.05, 4.69) is 10.0 Å². The molecule has 26 heavy (non-hydrogen) atoms. The molecule has 0 aliphatic carbocycles. The lowest BCUT2D eigenvalue weighted by atomic mass is 10.1. The Labute approximate surface area is 155 Å². The number of rotatable bonds is 9. The van der Waals surface area contributed by atoms with Crippen molar-refractivity contribution in [2.75, 3.05) is 13.2 Å². The molecule has 2 rings (SSSR count). The number of fused-ring (bicyclic) bond motifs is 1. The van der Waals surface area contributed by atoms with Gasteiger partial charge in [-0.05, 0) is 50.1 Å². The zero-order valence-electron chi connectivity index (χ0n) is 15.4. The van der Waals surface area contributed by atoms with Crippen molar-refractivity contribution in [2.45, 2.75) is 44.2 Å². The largest absolute Gasteiger partial charge is 0.379 e. The Morgan fingerprint density at radius 3 is 2.46 bits per heavy atom. The highest BCUT2D eigenvalue weighted by Crippen LogP contribution is 2.19. The summed E-state index contributed by atoms with van der Waals surface area (Å²) in [5.41, 5.74) is 0. The Bertz CT molecular complexity index is 849. The van der Waals surface area contributed by atoms with E-state index in [-0.39, 0.29) is 16.9 Å². The van der Waals surface area contributed by atoms with Gasteiger partial charge >= 0.3 is 0 Å². The van der Waals surface area contributed by atoms with Crippen LogP contribution < -0.4 is 10.0 Å². The fourth-order valence-corrected chi connectivity index (χ4v) is 3.68. The monoisotopic (exact) mass is 378 g/mol. The molecule has 0 saturated carbocycles. The van der Waals surface area contributed by atoms with E-state index in [1.807, 2.05) is 38.1 Å². The maximum Gasteiger partial charge on any atom is 0.241 e. The lowest BCUT2D eigenvalue weighted by molar-refractivity contribution is -0.122. The average Bonchev–Trinajstić information content (AvgIpc) is 2.60. The first-order valence-corrected chi connectivity index (χ1v) is 10.2. The van der Waals surface area contributed by atoms with Crippen LogP contribution in [0.1, 0.15) is 27.2 Å². The SMILES string of the molecule is CC(C)OCCCNC(=O)[C@H](C)NS(=O)(=O)c1ccc2ccccc2c1. The van der Waals surface area contributed by atoms with Gasteiger partial charge in [0, 0.05) is 13.2 Å². The number of hydrogen-bond acceptors (Lipinski definition) is 4. The molecule has 2 aromatic rings. The third kappa shape index (κ3) is 5.79. The summed E-state index contributed by atoms with van der Waals surface area (Å²) >= 11 is 0. The van der Waals surface area contributed by atoms with Crippen LogP contribution in [0, 0.1) is 0 Å². The van der Waals surface area contributed by atoms with E-state index >= 15 is 0 Å². The van der Waals surface area contributed by atoms with Crippen LogP contribution in [0.2, 0.25) is 0 Å². The molecule has 0 heterocycles. The van der Waals surface area contributed by atoms with Gasteiger partial charge in [0.25, 0.3) is 0 Å². The predicted molar refractivity (Wildman–Crippen MR) is 102 cm³/mol. The molecule has 2 N–H and O–H groups in total. The van der Waals surface area contributed by atoms with Crippen LogP contribution in [0.5, 0.6) is 0 Å². The van der Waals surface area contributed by atoms with Crippen molar-refractivity contribution in [1.29, 1.82) is 0 Å². The van der Waals surface area contributed by atoms with Crippen molar-refractivity contribution < 1.29 is 17.9 Å². The molecule has 0 saturated heterocycles. The third-order valence-electron chi connectivity index (χ3n) is 3.83. The van der Waals surface area contributed by atoms with Crippen molar-refractivity contribution >= 4 is 26.7 Å². The minimum atomic E-state index is -3.78. The van der Waals surface area contributed by atoms with E-state index in [1.54, 1.807) is 18.2 Å². The number of benzene rings is 2. The van der Waals surface area contributed by atoms with Gasteiger partial charge in [0.1, 0.15) is 0 Å². The van der Waals surface area contributed by atoms with Crippen molar-refractivity contribution in [1.82, 2.24) is 10.0 Å². The van der Waals surface area contributed by atoms with E-state index in [0.717, 1.165) is 10.8 Å². The molecule has 6 nitrogen and oxygen atoms in total. The molecule has 0 aliphatic heterocycles. The first-order valence-electron chi connectivity index (χ1n) is 8.70. The van der Waals surface area contributed by atoms with E-state index in [1.165, 1.54) is 6.92 Å². The smallest absolute Gasteiger partial charge is 0.241 e. The molecule has 7 heteroatoms. The van der Waals surface area contributed by atoms with Crippen LogP contribution in [0.4, 0.5) is 0 Å². The average molecular weight is 378 g/mol. The zero-order valence-corrected chi connectivity index (χ0v) is 16.2. The van der Waals surface area contributed by atoms with Gasteiger partial charge in [-0.15, -0.1) is 0 Å². The summed E-state index contributed by atoms with van der Waals surface area (Å²) in [6, 6.07) is 11.5. The fraction of sp³-hybridized carbons (Fsp3) is 0.421.